The molecule has 2 rings (SSSR count). The van der Waals surface area contributed by atoms with Gasteiger partial charge in [-0.25, -0.2) is 0 Å². The van der Waals surface area contributed by atoms with Crippen LogP contribution in [0.1, 0.15) is 20.8 Å². The van der Waals surface area contributed by atoms with Gasteiger partial charge in [-0.1, -0.05) is 0 Å². The first-order valence-corrected chi connectivity index (χ1v) is 11.8. The molecule has 0 amide bonds. The Kier molecular flexibility index (Phi) is 3.67. The Balaban J connectivity index is 2.63. The van der Waals surface area contributed by atoms with Crippen LogP contribution in [0.3, 0.4) is 0 Å². The topological polar surface area (TPSA) is 0 Å². The van der Waals surface area contributed by atoms with Gasteiger partial charge in [0.25, 0.3) is 0 Å². The molecule has 0 bridgehead atoms. The molecule has 94 valence electrons. The molecule has 1 heteroatoms. The van der Waals surface area contributed by atoms with Crippen LogP contribution in [-0.4, -0.2) is 13.3 Å². The summed E-state index contributed by atoms with van der Waals surface area (Å²) in [7, 11) is 0. The van der Waals surface area contributed by atoms with Gasteiger partial charge in [0.1, 0.15) is 0 Å². The normalized spacial score (nSPS) is 12.4. The van der Waals surface area contributed by atoms with Gasteiger partial charge in [-0.05, 0) is 0 Å². The zero-order valence-electron chi connectivity index (χ0n) is 11.8. The van der Waals surface area contributed by atoms with Gasteiger partial charge in [-0.3, -0.25) is 0 Å². The molecule has 0 unspecified atom stereocenters. The van der Waals surface area contributed by atoms with E-state index in [2.05, 4.69) is 87.2 Å². The van der Waals surface area contributed by atoms with Crippen molar-refractivity contribution in [3.05, 3.63) is 60.7 Å². The summed E-state index contributed by atoms with van der Waals surface area (Å²) in [6.45, 7) is 7.19. The van der Waals surface area contributed by atoms with E-state index in [1.165, 1.54) is 0 Å². The number of hydrogen-bond acceptors (Lipinski definition) is 0. The third kappa shape index (κ3) is 2.26. The standard InChI is InChI=1S/C17H22Ge/c1-17(2,3)18(4,15-11-7-5-8-12-15)16-13-9-6-10-14-16/h5-14H,1-4H3. The summed E-state index contributed by atoms with van der Waals surface area (Å²) in [5.74, 6) is 2.53. The van der Waals surface area contributed by atoms with Crippen molar-refractivity contribution in [3.8, 4) is 0 Å². The fourth-order valence-electron chi connectivity index (χ4n) is 2.58. The third-order valence-corrected chi connectivity index (χ3v) is 16.7. The predicted molar refractivity (Wildman–Crippen MR) is 83.5 cm³/mol. The molecular formula is C17H22Ge. The molecule has 0 saturated carbocycles. The van der Waals surface area contributed by atoms with Crippen molar-refractivity contribution in [2.24, 2.45) is 0 Å². The van der Waals surface area contributed by atoms with Crippen LogP contribution < -0.4 is 8.79 Å². The number of hydrogen-bond donors (Lipinski definition) is 0. The van der Waals surface area contributed by atoms with E-state index in [1.807, 2.05) is 0 Å². The van der Waals surface area contributed by atoms with E-state index >= 15 is 0 Å². The quantitative estimate of drug-likeness (QED) is 0.742. The molecule has 2 aromatic carbocycles. The van der Waals surface area contributed by atoms with Gasteiger partial charge in [-0.15, -0.1) is 0 Å². The van der Waals surface area contributed by atoms with Gasteiger partial charge < -0.3 is 0 Å². The maximum absolute atomic E-state index is 2.53. The predicted octanol–water partition coefficient (Wildman–Crippen LogP) is 3.68. The summed E-state index contributed by atoms with van der Waals surface area (Å²) in [6, 6.07) is 22.2. The van der Waals surface area contributed by atoms with Crippen LogP contribution >= 0.6 is 0 Å². The monoisotopic (exact) mass is 300 g/mol. The summed E-state index contributed by atoms with van der Waals surface area (Å²) in [4.78, 5) is 0. The molecule has 0 heterocycles. The number of rotatable bonds is 2. The van der Waals surface area contributed by atoms with Crippen LogP contribution in [-0.2, 0) is 0 Å². The van der Waals surface area contributed by atoms with Crippen LogP contribution in [0.5, 0.6) is 0 Å². The van der Waals surface area contributed by atoms with Crippen LogP contribution in [0.15, 0.2) is 60.7 Å². The van der Waals surface area contributed by atoms with Crippen LogP contribution in [0, 0.1) is 0 Å². The Labute approximate surface area is 113 Å². The molecule has 0 spiro atoms. The van der Waals surface area contributed by atoms with E-state index in [9.17, 15) is 0 Å². The fraction of sp³-hybridized carbons (Fsp3) is 0.294. The number of benzene rings is 2. The average Bonchev–Trinajstić information content (AvgIpc) is 2.38. The van der Waals surface area contributed by atoms with Crippen molar-refractivity contribution in [3.63, 3.8) is 0 Å². The van der Waals surface area contributed by atoms with Gasteiger partial charge in [0.15, 0.2) is 0 Å². The van der Waals surface area contributed by atoms with Crippen LogP contribution in [0.25, 0.3) is 0 Å². The van der Waals surface area contributed by atoms with E-state index < -0.39 is 13.3 Å². The molecule has 0 N–H and O–H groups in total. The SMILES string of the molecule is C[C](C)(C)[Ge]([CH3])([c]1ccccc1)[c]1ccccc1. The van der Waals surface area contributed by atoms with Crippen LogP contribution in [0.4, 0.5) is 0 Å². The Morgan fingerprint density at radius 3 is 1.28 bits per heavy atom. The van der Waals surface area contributed by atoms with E-state index in [-0.39, 0.29) is 0 Å². The first-order chi connectivity index (χ1) is 8.46. The minimum atomic E-state index is -2.31. The Bertz CT molecular complexity index is 455. The summed E-state index contributed by atoms with van der Waals surface area (Å²) in [5, 5.41) is 0. The first kappa shape index (κ1) is 13.4. The molecular weight excluding hydrogens is 277 g/mol. The molecule has 0 aromatic heterocycles. The second-order valence-corrected chi connectivity index (χ2v) is 16.4. The molecule has 0 nitrogen and oxygen atoms in total. The van der Waals surface area contributed by atoms with Gasteiger partial charge in [0.05, 0.1) is 0 Å². The minimum absolute atomic E-state index is 0.350. The van der Waals surface area contributed by atoms with E-state index in [1.54, 1.807) is 8.79 Å². The summed E-state index contributed by atoms with van der Waals surface area (Å²) >= 11 is -2.31. The molecule has 18 heavy (non-hydrogen) atoms. The molecule has 2 aromatic rings. The summed E-state index contributed by atoms with van der Waals surface area (Å²) in [5.41, 5.74) is 0. The Hall–Kier alpha value is -1.02. The van der Waals surface area contributed by atoms with Crippen molar-refractivity contribution < 1.29 is 0 Å². The van der Waals surface area contributed by atoms with Gasteiger partial charge in [0, 0.05) is 0 Å². The zero-order valence-corrected chi connectivity index (χ0v) is 13.9. The Morgan fingerprint density at radius 1 is 0.667 bits per heavy atom. The molecule has 0 aliphatic rings. The fourth-order valence-corrected chi connectivity index (χ4v) is 10.5. The molecule has 0 aliphatic heterocycles. The third-order valence-electron chi connectivity index (χ3n) is 4.20. The van der Waals surface area contributed by atoms with Gasteiger partial charge in [0.2, 0.25) is 0 Å². The van der Waals surface area contributed by atoms with E-state index in [0.29, 0.717) is 4.25 Å². The maximum atomic E-state index is 2.53. The zero-order chi connectivity index (χ0) is 13.2. The van der Waals surface area contributed by atoms with Crippen molar-refractivity contribution in [1.82, 2.24) is 0 Å². The molecule has 0 radical (unpaired) electrons. The van der Waals surface area contributed by atoms with Crippen molar-refractivity contribution in [2.45, 2.75) is 30.8 Å². The van der Waals surface area contributed by atoms with Crippen molar-refractivity contribution >= 4 is 22.1 Å². The second kappa shape index (κ2) is 4.93. The van der Waals surface area contributed by atoms with Gasteiger partial charge >= 0.3 is 113 Å². The Morgan fingerprint density at radius 2 is 1.00 bits per heavy atom. The van der Waals surface area contributed by atoms with E-state index in [4.69, 9.17) is 0 Å². The van der Waals surface area contributed by atoms with Crippen LogP contribution in [0.2, 0.25) is 10.0 Å². The average molecular weight is 299 g/mol. The van der Waals surface area contributed by atoms with Crippen molar-refractivity contribution in [1.29, 1.82) is 0 Å². The van der Waals surface area contributed by atoms with Crippen molar-refractivity contribution in [2.75, 3.05) is 0 Å². The summed E-state index contributed by atoms with van der Waals surface area (Å²) in [6.07, 6.45) is 0. The van der Waals surface area contributed by atoms with E-state index in [0.717, 1.165) is 0 Å². The molecule has 0 aliphatic carbocycles. The first-order valence-electron chi connectivity index (χ1n) is 6.57. The molecule has 0 fully saturated rings. The summed E-state index contributed by atoms with van der Waals surface area (Å²) < 4.78 is 3.48. The van der Waals surface area contributed by atoms with Gasteiger partial charge in [-0.2, -0.15) is 0 Å². The second-order valence-electron chi connectivity index (χ2n) is 6.11. The molecule has 0 saturated heterocycles. The molecule has 0 atom stereocenters.